The van der Waals surface area contributed by atoms with Crippen LogP contribution >= 0.6 is 15.9 Å². The Hall–Kier alpha value is -0.810. The van der Waals surface area contributed by atoms with Crippen molar-refractivity contribution in [1.29, 1.82) is 0 Å². The molecular formula is C10H15BrN4. The first-order valence-corrected chi connectivity index (χ1v) is 5.93. The number of aromatic nitrogens is 1. The van der Waals surface area contributed by atoms with Crippen LogP contribution in [0.15, 0.2) is 16.9 Å². The molecule has 0 radical (unpaired) electrons. The summed E-state index contributed by atoms with van der Waals surface area (Å²) in [5.74, 6) is 0. The monoisotopic (exact) mass is 270 g/mol. The summed E-state index contributed by atoms with van der Waals surface area (Å²) < 4.78 is 0.774. The fourth-order valence-electron chi connectivity index (χ4n) is 1.75. The molecule has 1 aliphatic heterocycles. The Morgan fingerprint density at radius 2 is 2.20 bits per heavy atom. The second-order valence-corrected chi connectivity index (χ2v) is 4.58. The number of hydrogen-bond acceptors (Lipinski definition) is 4. The van der Waals surface area contributed by atoms with Gasteiger partial charge in [-0.3, -0.25) is 0 Å². The van der Waals surface area contributed by atoms with Crippen LogP contribution in [0.2, 0.25) is 0 Å². The molecule has 0 unspecified atom stereocenters. The summed E-state index contributed by atoms with van der Waals surface area (Å²) in [7, 11) is 0. The highest BCUT2D eigenvalue weighted by Gasteiger charge is 2.13. The molecule has 0 amide bonds. The van der Waals surface area contributed by atoms with Crippen LogP contribution < -0.4 is 16.4 Å². The van der Waals surface area contributed by atoms with Crippen molar-refractivity contribution in [3.05, 3.63) is 16.9 Å². The second-order valence-electron chi connectivity index (χ2n) is 3.76. The predicted molar refractivity (Wildman–Crippen MR) is 65.9 cm³/mol. The maximum atomic E-state index is 5.89. The van der Waals surface area contributed by atoms with Gasteiger partial charge >= 0.3 is 0 Å². The summed E-state index contributed by atoms with van der Waals surface area (Å²) >= 11 is 3.29. The summed E-state index contributed by atoms with van der Waals surface area (Å²) in [6, 6.07) is 2.33. The number of piperidine rings is 1. The molecule has 1 fully saturated rings. The van der Waals surface area contributed by atoms with E-state index in [1.165, 1.54) is 0 Å². The van der Waals surface area contributed by atoms with Gasteiger partial charge in [0.05, 0.1) is 17.6 Å². The number of nitrogen functional groups attached to an aromatic ring is 1. The Morgan fingerprint density at radius 1 is 1.47 bits per heavy atom. The standard InChI is InChI=1S/C10H15BrN4/c11-10-5-8(12)9(6-14-10)15-7-1-3-13-4-2-7/h5-7,13,15H,1-4H2,(H2,12,14). The van der Waals surface area contributed by atoms with Crippen LogP contribution in [-0.2, 0) is 0 Å². The fourth-order valence-corrected chi connectivity index (χ4v) is 2.10. The molecule has 5 heteroatoms. The van der Waals surface area contributed by atoms with Crippen molar-refractivity contribution in [2.75, 3.05) is 24.1 Å². The van der Waals surface area contributed by atoms with Crippen LogP contribution in [-0.4, -0.2) is 24.1 Å². The minimum atomic E-state index is 0.511. The predicted octanol–water partition coefficient (Wildman–Crippen LogP) is 1.59. The number of nitrogens with zero attached hydrogens (tertiary/aromatic N) is 1. The van der Waals surface area contributed by atoms with Crippen LogP contribution in [0, 0.1) is 0 Å². The lowest BCUT2D eigenvalue weighted by Crippen LogP contribution is -2.35. The van der Waals surface area contributed by atoms with Gasteiger partial charge in [0.1, 0.15) is 4.60 Å². The van der Waals surface area contributed by atoms with Crippen LogP contribution in [0.5, 0.6) is 0 Å². The van der Waals surface area contributed by atoms with E-state index in [9.17, 15) is 0 Å². The molecule has 0 saturated carbocycles. The second kappa shape index (κ2) is 4.81. The van der Waals surface area contributed by atoms with E-state index in [4.69, 9.17) is 5.73 Å². The molecule has 15 heavy (non-hydrogen) atoms. The van der Waals surface area contributed by atoms with Crippen molar-refractivity contribution in [1.82, 2.24) is 10.3 Å². The van der Waals surface area contributed by atoms with Gasteiger partial charge in [-0.15, -0.1) is 0 Å². The van der Waals surface area contributed by atoms with Gasteiger partial charge in [-0.1, -0.05) is 0 Å². The Morgan fingerprint density at radius 3 is 2.87 bits per heavy atom. The molecule has 2 rings (SSSR count). The zero-order valence-electron chi connectivity index (χ0n) is 8.46. The largest absolute Gasteiger partial charge is 0.397 e. The van der Waals surface area contributed by atoms with E-state index in [0.29, 0.717) is 6.04 Å². The fraction of sp³-hybridized carbons (Fsp3) is 0.500. The molecule has 0 atom stereocenters. The molecular weight excluding hydrogens is 256 g/mol. The molecule has 1 aromatic heterocycles. The van der Waals surface area contributed by atoms with E-state index in [2.05, 4.69) is 31.5 Å². The third-order valence-electron chi connectivity index (χ3n) is 2.60. The van der Waals surface area contributed by atoms with E-state index < -0.39 is 0 Å². The SMILES string of the molecule is Nc1cc(Br)ncc1NC1CCNCC1. The minimum Gasteiger partial charge on any atom is -0.397 e. The van der Waals surface area contributed by atoms with Crippen LogP contribution in [0.1, 0.15) is 12.8 Å². The maximum absolute atomic E-state index is 5.89. The normalized spacial score (nSPS) is 17.7. The quantitative estimate of drug-likeness (QED) is 0.715. The van der Waals surface area contributed by atoms with Gasteiger partial charge in [-0.25, -0.2) is 4.98 Å². The Kier molecular flexibility index (Phi) is 3.43. The molecule has 1 saturated heterocycles. The first-order chi connectivity index (χ1) is 7.25. The smallest absolute Gasteiger partial charge is 0.108 e. The van der Waals surface area contributed by atoms with Crippen LogP contribution in [0.3, 0.4) is 0 Å². The van der Waals surface area contributed by atoms with Crippen molar-refractivity contribution in [2.24, 2.45) is 0 Å². The van der Waals surface area contributed by atoms with Gasteiger partial charge in [-0.05, 0) is 47.9 Å². The van der Waals surface area contributed by atoms with Crippen LogP contribution in [0.4, 0.5) is 11.4 Å². The Balaban J connectivity index is 2.03. The first kappa shape index (κ1) is 10.7. The zero-order valence-corrected chi connectivity index (χ0v) is 10.0. The summed E-state index contributed by atoms with van der Waals surface area (Å²) in [6.07, 6.45) is 4.05. The Bertz CT molecular complexity index is 336. The van der Waals surface area contributed by atoms with E-state index in [1.54, 1.807) is 6.20 Å². The summed E-state index contributed by atoms with van der Waals surface area (Å²) in [6.45, 7) is 2.14. The number of hydrogen-bond donors (Lipinski definition) is 3. The van der Waals surface area contributed by atoms with Gasteiger partial charge in [0.15, 0.2) is 0 Å². The van der Waals surface area contributed by atoms with Gasteiger partial charge in [0, 0.05) is 6.04 Å². The summed E-state index contributed by atoms with van der Waals surface area (Å²) in [5.41, 5.74) is 7.57. The Labute approximate surface area is 97.8 Å². The van der Waals surface area contributed by atoms with E-state index >= 15 is 0 Å². The molecule has 82 valence electrons. The van der Waals surface area contributed by atoms with E-state index in [0.717, 1.165) is 41.9 Å². The molecule has 0 spiro atoms. The molecule has 1 aromatic rings. The molecule has 0 bridgehead atoms. The number of rotatable bonds is 2. The van der Waals surface area contributed by atoms with E-state index in [-0.39, 0.29) is 0 Å². The molecule has 4 nitrogen and oxygen atoms in total. The molecule has 0 aliphatic carbocycles. The zero-order chi connectivity index (χ0) is 10.7. The van der Waals surface area contributed by atoms with Crippen molar-refractivity contribution in [3.63, 3.8) is 0 Å². The number of nitrogens with one attached hydrogen (secondary N) is 2. The van der Waals surface area contributed by atoms with Crippen molar-refractivity contribution in [2.45, 2.75) is 18.9 Å². The van der Waals surface area contributed by atoms with Crippen molar-refractivity contribution in [3.8, 4) is 0 Å². The van der Waals surface area contributed by atoms with Gasteiger partial charge in [0.2, 0.25) is 0 Å². The number of anilines is 2. The highest BCUT2D eigenvalue weighted by atomic mass is 79.9. The average molecular weight is 271 g/mol. The maximum Gasteiger partial charge on any atom is 0.108 e. The summed E-state index contributed by atoms with van der Waals surface area (Å²) in [5, 5.41) is 6.76. The van der Waals surface area contributed by atoms with Crippen LogP contribution in [0.25, 0.3) is 0 Å². The molecule has 4 N–H and O–H groups in total. The number of nitrogens with two attached hydrogens (primary N) is 1. The lowest BCUT2D eigenvalue weighted by atomic mass is 10.1. The lowest BCUT2D eigenvalue weighted by molar-refractivity contribution is 0.479. The first-order valence-electron chi connectivity index (χ1n) is 5.14. The third kappa shape index (κ3) is 2.82. The van der Waals surface area contributed by atoms with Crippen molar-refractivity contribution < 1.29 is 0 Å². The highest BCUT2D eigenvalue weighted by Crippen LogP contribution is 2.22. The van der Waals surface area contributed by atoms with Crippen molar-refractivity contribution >= 4 is 27.3 Å². The number of halogens is 1. The number of pyridine rings is 1. The molecule has 2 heterocycles. The molecule has 1 aliphatic rings. The minimum absolute atomic E-state index is 0.511. The van der Waals surface area contributed by atoms with Gasteiger partial charge < -0.3 is 16.4 Å². The van der Waals surface area contributed by atoms with E-state index in [1.807, 2.05) is 6.07 Å². The highest BCUT2D eigenvalue weighted by molar-refractivity contribution is 9.10. The van der Waals surface area contributed by atoms with Gasteiger partial charge in [0.25, 0.3) is 0 Å². The van der Waals surface area contributed by atoms with Gasteiger partial charge in [-0.2, -0.15) is 0 Å². The topological polar surface area (TPSA) is 63.0 Å². The lowest BCUT2D eigenvalue weighted by Gasteiger charge is -2.25. The summed E-state index contributed by atoms with van der Waals surface area (Å²) in [4.78, 5) is 4.16. The molecule has 0 aromatic carbocycles. The average Bonchev–Trinajstić information content (AvgIpc) is 2.24. The third-order valence-corrected chi connectivity index (χ3v) is 3.04.